The van der Waals surface area contributed by atoms with E-state index >= 15 is 0 Å². The molecule has 3 aromatic rings. The van der Waals surface area contributed by atoms with Crippen molar-refractivity contribution in [1.82, 2.24) is 30.3 Å². The van der Waals surface area contributed by atoms with E-state index in [2.05, 4.69) is 25.6 Å². The Balaban J connectivity index is 1.32. The van der Waals surface area contributed by atoms with E-state index in [-0.39, 0.29) is 23.4 Å². The van der Waals surface area contributed by atoms with Gasteiger partial charge in [0.25, 0.3) is 11.8 Å². The van der Waals surface area contributed by atoms with E-state index in [0.29, 0.717) is 12.4 Å². The highest BCUT2D eigenvalue weighted by molar-refractivity contribution is 6.02. The van der Waals surface area contributed by atoms with Crippen LogP contribution in [0, 0.1) is 5.92 Å². The van der Waals surface area contributed by atoms with Crippen LogP contribution < -0.4 is 10.2 Å². The Bertz CT molecular complexity index is 1080. The van der Waals surface area contributed by atoms with Gasteiger partial charge < -0.3 is 5.32 Å². The minimum atomic E-state index is -0.632. The summed E-state index contributed by atoms with van der Waals surface area (Å²) in [6.07, 6.45) is 5.60. The molecule has 1 N–H and O–H groups in total. The van der Waals surface area contributed by atoms with Gasteiger partial charge in [-0.05, 0) is 17.9 Å². The number of carbonyl (C=O) groups is 2. The van der Waals surface area contributed by atoms with E-state index in [4.69, 9.17) is 0 Å². The highest BCUT2D eigenvalue weighted by atomic mass is 16.2. The number of likely N-dealkylation sites (N-methyl/N-ethyl adjacent to an activating group) is 1. The SMILES string of the molecule is CN1C(=O)[C@H](NC(=O)c2cn(Cc3ccccc3)nn2)[C@@H]2C[C@@H]2c2nccnc21. The summed E-state index contributed by atoms with van der Waals surface area (Å²) in [5.41, 5.74) is 2.06. The summed E-state index contributed by atoms with van der Waals surface area (Å²) in [6, 6.07) is 9.17. The maximum absolute atomic E-state index is 13.0. The lowest BCUT2D eigenvalue weighted by atomic mass is 10.1. The molecule has 5 rings (SSSR count). The summed E-state index contributed by atoms with van der Waals surface area (Å²) in [5, 5.41) is 10.9. The number of hydrogen-bond donors (Lipinski definition) is 1. The molecule has 29 heavy (non-hydrogen) atoms. The van der Waals surface area contributed by atoms with Crippen molar-refractivity contribution in [3.63, 3.8) is 0 Å². The number of nitrogens with zero attached hydrogens (tertiary/aromatic N) is 6. The molecule has 0 spiro atoms. The molecule has 0 bridgehead atoms. The van der Waals surface area contributed by atoms with Crippen molar-refractivity contribution in [3.05, 3.63) is 65.9 Å². The van der Waals surface area contributed by atoms with Gasteiger partial charge in [0.1, 0.15) is 6.04 Å². The number of amides is 2. The zero-order chi connectivity index (χ0) is 20.0. The van der Waals surface area contributed by atoms with Crippen molar-refractivity contribution in [2.75, 3.05) is 11.9 Å². The summed E-state index contributed by atoms with van der Waals surface area (Å²) in [7, 11) is 1.66. The van der Waals surface area contributed by atoms with E-state index in [1.165, 1.54) is 4.90 Å². The maximum atomic E-state index is 13.0. The topological polar surface area (TPSA) is 106 Å². The van der Waals surface area contributed by atoms with E-state index in [9.17, 15) is 9.59 Å². The Hall–Kier alpha value is -3.62. The minimum absolute atomic E-state index is 0.0196. The molecule has 3 atom stereocenters. The highest BCUT2D eigenvalue weighted by Gasteiger charge is 2.53. The highest BCUT2D eigenvalue weighted by Crippen LogP contribution is 2.53. The number of hydrogen-bond acceptors (Lipinski definition) is 6. The monoisotopic (exact) mass is 389 g/mol. The maximum Gasteiger partial charge on any atom is 0.274 e. The average molecular weight is 389 g/mol. The molecule has 2 aromatic heterocycles. The second-order valence-corrected chi connectivity index (χ2v) is 7.41. The van der Waals surface area contributed by atoms with E-state index in [1.807, 2.05) is 30.3 Å². The standard InChI is InChI=1S/C20H19N7O2/c1-26-18-16(21-7-8-22-18)13-9-14(13)17(20(26)29)23-19(28)15-11-27(25-24-15)10-12-5-3-2-4-6-12/h2-8,11,13-14,17H,9-10H2,1H3,(H,23,28)/t13-,14+,17+/m0/s1. The lowest BCUT2D eigenvalue weighted by Gasteiger charge is -2.22. The van der Waals surface area contributed by atoms with Gasteiger partial charge in [-0.1, -0.05) is 35.5 Å². The Morgan fingerprint density at radius 2 is 2.00 bits per heavy atom. The van der Waals surface area contributed by atoms with E-state index < -0.39 is 11.9 Å². The van der Waals surface area contributed by atoms with Crippen LogP contribution in [0.3, 0.4) is 0 Å². The van der Waals surface area contributed by atoms with Crippen molar-refractivity contribution in [2.24, 2.45) is 5.92 Å². The summed E-state index contributed by atoms with van der Waals surface area (Å²) >= 11 is 0. The minimum Gasteiger partial charge on any atom is -0.338 e. The number of carbonyl (C=O) groups excluding carboxylic acids is 2. The third-order valence-corrected chi connectivity index (χ3v) is 5.48. The molecule has 0 unspecified atom stereocenters. The van der Waals surface area contributed by atoms with Crippen LogP contribution >= 0.6 is 0 Å². The van der Waals surface area contributed by atoms with Crippen LogP contribution in [0.5, 0.6) is 0 Å². The van der Waals surface area contributed by atoms with Crippen LogP contribution in [0.15, 0.2) is 48.9 Å². The molecule has 146 valence electrons. The summed E-state index contributed by atoms with van der Waals surface area (Å²) in [5.74, 6) is 0.115. The fraction of sp³-hybridized carbons (Fsp3) is 0.300. The van der Waals surface area contributed by atoms with Gasteiger partial charge in [-0.15, -0.1) is 5.10 Å². The average Bonchev–Trinajstić information content (AvgIpc) is 3.41. The Morgan fingerprint density at radius 1 is 1.21 bits per heavy atom. The first-order valence-electron chi connectivity index (χ1n) is 9.45. The Labute approximate surface area is 166 Å². The molecule has 1 aliphatic carbocycles. The summed E-state index contributed by atoms with van der Waals surface area (Å²) in [6.45, 7) is 0.517. The van der Waals surface area contributed by atoms with Crippen molar-refractivity contribution in [3.8, 4) is 0 Å². The van der Waals surface area contributed by atoms with Gasteiger partial charge in [0.2, 0.25) is 0 Å². The smallest absolute Gasteiger partial charge is 0.274 e. The molecule has 9 nitrogen and oxygen atoms in total. The molecular formula is C20H19N7O2. The van der Waals surface area contributed by atoms with Gasteiger partial charge in [0.05, 0.1) is 18.4 Å². The van der Waals surface area contributed by atoms with Gasteiger partial charge in [0, 0.05) is 25.4 Å². The molecule has 9 heteroatoms. The van der Waals surface area contributed by atoms with E-state index in [0.717, 1.165) is 17.7 Å². The molecule has 1 fully saturated rings. The lowest BCUT2D eigenvalue weighted by Crippen LogP contribution is -2.48. The first kappa shape index (κ1) is 17.5. The quantitative estimate of drug-likeness (QED) is 0.713. The van der Waals surface area contributed by atoms with Crippen LogP contribution in [-0.4, -0.2) is 49.9 Å². The van der Waals surface area contributed by atoms with Crippen LogP contribution in [0.2, 0.25) is 0 Å². The van der Waals surface area contributed by atoms with E-state index in [1.54, 1.807) is 30.3 Å². The van der Waals surface area contributed by atoms with Gasteiger partial charge in [0.15, 0.2) is 11.5 Å². The Kier molecular flexibility index (Phi) is 4.08. The lowest BCUT2D eigenvalue weighted by molar-refractivity contribution is -0.120. The van der Waals surface area contributed by atoms with Crippen LogP contribution in [0.25, 0.3) is 0 Å². The molecule has 2 amide bonds. The van der Waals surface area contributed by atoms with Crippen LogP contribution in [0.4, 0.5) is 5.82 Å². The van der Waals surface area contributed by atoms with Crippen molar-refractivity contribution < 1.29 is 9.59 Å². The zero-order valence-electron chi connectivity index (χ0n) is 15.8. The summed E-state index contributed by atoms with van der Waals surface area (Å²) < 4.78 is 1.61. The van der Waals surface area contributed by atoms with Crippen molar-refractivity contribution in [1.29, 1.82) is 0 Å². The van der Waals surface area contributed by atoms with Crippen LogP contribution in [-0.2, 0) is 11.3 Å². The predicted octanol–water partition coefficient (Wildman–Crippen LogP) is 0.995. The number of nitrogens with one attached hydrogen (secondary N) is 1. The van der Waals surface area contributed by atoms with Gasteiger partial charge >= 0.3 is 0 Å². The zero-order valence-corrected chi connectivity index (χ0v) is 15.8. The molecule has 1 aliphatic heterocycles. The fourth-order valence-corrected chi connectivity index (χ4v) is 3.89. The van der Waals surface area contributed by atoms with Gasteiger partial charge in [-0.3, -0.25) is 19.5 Å². The predicted molar refractivity (Wildman–Crippen MR) is 103 cm³/mol. The molecular weight excluding hydrogens is 370 g/mol. The number of aromatic nitrogens is 5. The number of fused-ring (bicyclic) bond motifs is 3. The van der Waals surface area contributed by atoms with Crippen LogP contribution in [0.1, 0.15) is 34.1 Å². The number of rotatable bonds is 4. The molecule has 0 radical (unpaired) electrons. The largest absolute Gasteiger partial charge is 0.338 e. The number of anilines is 1. The third-order valence-electron chi connectivity index (χ3n) is 5.48. The Morgan fingerprint density at radius 3 is 2.83 bits per heavy atom. The van der Waals surface area contributed by atoms with Crippen molar-refractivity contribution >= 4 is 17.6 Å². The van der Waals surface area contributed by atoms with Gasteiger partial charge in [-0.25, -0.2) is 9.67 Å². The fourth-order valence-electron chi connectivity index (χ4n) is 3.89. The third kappa shape index (κ3) is 3.14. The molecule has 2 aliphatic rings. The molecule has 3 heterocycles. The molecule has 1 aromatic carbocycles. The molecule has 0 saturated heterocycles. The van der Waals surface area contributed by atoms with Crippen molar-refractivity contribution in [2.45, 2.75) is 24.9 Å². The first-order chi connectivity index (χ1) is 14.1. The second-order valence-electron chi connectivity index (χ2n) is 7.41. The number of benzene rings is 1. The van der Waals surface area contributed by atoms with Gasteiger partial charge in [-0.2, -0.15) is 0 Å². The normalized spacial score (nSPS) is 22.4. The summed E-state index contributed by atoms with van der Waals surface area (Å²) in [4.78, 5) is 35.9. The first-order valence-corrected chi connectivity index (χ1v) is 9.45. The second kappa shape index (κ2) is 6.77. The molecule has 1 saturated carbocycles.